The van der Waals surface area contributed by atoms with Crippen LogP contribution in [0.4, 0.5) is 15.8 Å². The van der Waals surface area contributed by atoms with E-state index in [1.807, 2.05) is 36.9 Å². The zero-order valence-corrected chi connectivity index (χ0v) is 22.7. The molecule has 2 N–H and O–H groups in total. The monoisotopic (exact) mass is 521 g/mol. The number of hydrogen-bond donors (Lipinski definition) is 2. The normalized spacial score (nSPS) is 14.0. The number of morpholine rings is 1. The van der Waals surface area contributed by atoms with Gasteiger partial charge in [0.1, 0.15) is 5.82 Å². The first-order valence-electron chi connectivity index (χ1n) is 12.9. The van der Waals surface area contributed by atoms with Crippen LogP contribution in [0, 0.1) is 11.2 Å². The topological polar surface area (TPSA) is 88.5 Å². The molecule has 9 heteroatoms. The van der Waals surface area contributed by atoms with Gasteiger partial charge in [0.2, 0.25) is 0 Å². The number of carbonyl (C=O) groups excluding carboxylic acids is 2. The Balaban J connectivity index is 1.56. The number of amides is 2. The van der Waals surface area contributed by atoms with Crippen molar-refractivity contribution in [2.75, 3.05) is 43.1 Å². The molecule has 0 atom stereocenters. The zero-order valence-electron chi connectivity index (χ0n) is 22.7. The summed E-state index contributed by atoms with van der Waals surface area (Å²) in [4.78, 5) is 27.8. The number of ether oxygens (including phenoxy) is 1. The van der Waals surface area contributed by atoms with Crippen LogP contribution in [0.3, 0.4) is 0 Å². The molecule has 0 bridgehead atoms. The van der Waals surface area contributed by atoms with Crippen molar-refractivity contribution < 1.29 is 18.7 Å². The van der Waals surface area contributed by atoms with Crippen molar-refractivity contribution in [2.24, 2.45) is 5.41 Å². The van der Waals surface area contributed by atoms with Crippen LogP contribution in [-0.2, 0) is 4.74 Å². The fourth-order valence-corrected chi connectivity index (χ4v) is 4.22. The lowest BCUT2D eigenvalue weighted by Crippen LogP contribution is -2.36. The lowest BCUT2D eigenvalue weighted by molar-refractivity contribution is 0.0932. The van der Waals surface area contributed by atoms with Gasteiger partial charge in [-0.05, 0) is 55.7 Å². The van der Waals surface area contributed by atoms with Gasteiger partial charge < -0.3 is 20.3 Å². The van der Waals surface area contributed by atoms with Crippen molar-refractivity contribution >= 4 is 23.2 Å². The summed E-state index contributed by atoms with van der Waals surface area (Å²) in [6.07, 6.45) is 0. The van der Waals surface area contributed by atoms with Crippen LogP contribution in [-0.4, -0.2) is 54.4 Å². The summed E-state index contributed by atoms with van der Waals surface area (Å²) in [6.45, 7) is 13.1. The van der Waals surface area contributed by atoms with Crippen LogP contribution < -0.4 is 15.5 Å². The molecule has 2 amide bonds. The lowest BCUT2D eigenvalue weighted by Gasteiger charge is -2.29. The number of carbonyl (C=O) groups is 2. The molecule has 202 valence electrons. The van der Waals surface area contributed by atoms with Crippen molar-refractivity contribution in [1.82, 2.24) is 15.1 Å². The van der Waals surface area contributed by atoms with Gasteiger partial charge in [-0.3, -0.25) is 14.3 Å². The highest BCUT2D eigenvalue weighted by molar-refractivity contribution is 6.05. The molecule has 3 aromatic rings. The van der Waals surface area contributed by atoms with E-state index in [0.717, 1.165) is 11.3 Å². The maximum Gasteiger partial charge on any atom is 0.271 e. The predicted molar refractivity (Wildman–Crippen MR) is 147 cm³/mol. The molecule has 8 nitrogen and oxygen atoms in total. The highest BCUT2D eigenvalue weighted by Gasteiger charge is 2.20. The van der Waals surface area contributed by atoms with E-state index in [9.17, 15) is 14.0 Å². The molecule has 2 aromatic carbocycles. The standard InChI is InChI=1S/C29H36FN5O3/c1-19(2)35-26(17-25(33-35)28(37)31-18-29(3,4)5)20-7-6-8-23(14-20)32-27(36)21-13-22(30)16-24(15-21)34-9-11-38-12-10-34/h6-8,13-17,19H,9-12,18H2,1-5H3,(H,31,37)(H,32,36). The summed E-state index contributed by atoms with van der Waals surface area (Å²) in [5.74, 6) is -1.10. The van der Waals surface area contributed by atoms with Crippen LogP contribution in [0.25, 0.3) is 11.3 Å². The molecule has 0 spiro atoms. The van der Waals surface area contributed by atoms with E-state index in [2.05, 4.69) is 36.5 Å². The Bertz CT molecular complexity index is 1310. The number of benzene rings is 2. The molecule has 0 unspecified atom stereocenters. The van der Waals surface area contributed by atoms with Crippen LogP contribution in [0.15, 0.2) is 48.5 Å². The van der Waals surface area contributed by atoms with Crippen molar-refractivity contribution in [3.8, 4) is 11.3 Å². The molecular weight excluding hydrogens is 485 g/mol. The summed E-state index contributed by atoms with van der Waals surface area (Å²) < 4.78 is 21.6. The largest absolute Gasteiger partial charge is 0.378 e. The summed E-state index contributed by atoms with van der Waals surface area (Å²) >= 11 is 0. The Kier molecular flexibility index (Phi) is 8.16. The van der Waals surface area contributed by atoms with E-state index in [1.54, 1.807) is 22.9 Å². The quantitative estimate of drug-likeness (QED) is 0.450. The first kappa shape index (κ1) is 27.3. The van der Waals surface area contributed by atoms with Gasteiger partial charge in [-0.2, -0.15) is 5.10 Å². The Labute approximate surface area is 223 Å². The summed E-state index contributed by atoms with van der Waals surface area (Å²) in [7, 11) is 0. The number of rotatable bonds is 7. The fourth-order valence-electron chi connectivity index (χ4n) is 4.22. The molecule has 0 aliphatic carbocycles. The first-order chi connectivity index (χ1) is 18.0. The minimum atomic E-state index is -0.467. The molecule has 1 aromatic heterocycles. The third-order valence-electron chi connectivity index (χ3n) is 6.17. The van der Waals surface area contributed by atoms with Gasteiger partial charge in [-0.25, -0.2) is 4.39 Å². The van der Waals surface area contributed by atoms with E-state index in [-0.39, 0.29) is 22.9 Å². The second-order valence-electron chi connectivity index (χ2n) is 11.0. The Hall–Kier alpha value is -3.72. The van der Waals surface area contributed by atoms with Gasteiger partial charge in [0.15, 0.2) is 5.69 Å². The number of anilines is 2. The van der Waals surface area contributed by atoms with Crippen molar-refractivity contribution in [3.05, 3.63) is 65.6 Å². The molecule has 1 aliphatic heterocycles. The van der Waals surface area contributed by atoms with Crippen molar-refractivity contribution in [2.45, 2.75) is 40.7 Å². The molecule has 1 aliphatic rings. The molecule has 0 saturated carbocycles. The number of halogens is 1. The number of nitrogens with one attached hydrogen (secondary N) is 2. The number of aromatic nitrogens is 2. The molecule has 4 rings (SSSR count). The summed E-state index contributed by atoms with van der Waals surface area (Å²) in [6, 6.07) is 13.5. The number of hydrogen-bond acceptors (Lipinski definition) is 5. The Morgan fingerprint density at radius 2 is 1.79 bits per heavy atom. The summed E-state index contributed by atoms with van der Waals surface area (Å²) in [5.41, 5.74) is 3.30. The third-order valence-corrected chi connectivity index (χ3v) is 6.17. The molecule has 2 heterocycles. The van der Waals surface area contributed by atoms with Crippen molar-refractivity contribution in [1.29, 1.82) is 0 Å². The average molecular weight is 522 g/mol. The predicted octanol–water partition coefficient (Wildman–Crippen LogP) is 5.13. The van der Waals surface area contributed by atoms with E-state index in [4.69, 9.17) is 4.74 Å². The Morgan fingerprint density at radius 1 is 1.05 bits per heavy atom. The smallest absolute Gasteiger partial charge is 0.271 e. The highest BCUT2D eigenvalue weighted by atomic mass is 19.1. The molecular formula is C29H36FN5O3. The minimum Gasteiger partial charge on any atom is -0.378 e. The second-order valence-corrected chi connectivity index (χ2v) is 11.0. The van der Waals surface area contributed by atoms with Gasteiger partial charge >= 0.3 is 0 Å². The fraction of sp³-hybridized carbons (Fsp3) is 0.414. The molecule has 1 fully saturated rings. The van der Waals surface area contributed by atoms with Gasteiger partial charge in [0.05, 0.1) is 18.9 Å². The Morgan fingerprint density at radius 3 is 2.47 bits per heavy atom. The van der Waals surface area contributed by atoms with E-state index in [0.29, 0.717) is 49.9 Å². The number of nitrogens with zero attached hydrogens (tertiary/aromatic N) is 3. The van der Waals surface area contributed by atoms with E-state index >= 15 is 0 Å². The maximum atomic E-state index is 14.4. The van der Waals surface area contributed by atoms with Gasteiger partial charge in [0.25, 0.3) is 11.8 Å². The summed E-state index contributed by atoms with van der Waals surface area (Å²) in [5, 5.41) is 10.4. The highest BCUT2D eigenvalue weighted by Crippen LogP contribution is 2.27. The lowest BCUT2D eigenvalue weighted by atomic mass is 9.97. The maximum absolute atomic E-state index is 14.4. The SMILES string of the molecule is CC(C)n1nc(C(=O)NCC(C)(C)C)cc1-c1cccc(NC(=O)c2cc(F)cc(N3CCOCC3)c2)c1. The zero-order chi connectivity index (χ0) is 27.4. The molecule has 38 heavy (non-hydrogen) atoms. The minimum absolute atomic E-state index is 0.0123. The molecule has 0 radical (unpaired) electrons. The van der Waals surface area contributed by atoms with E-state index in [1.165, 1.54) is 12.1 Å². The van der Waals surface area contributed by atoms with Gasteiger partial charge in [-0.15, -0.1) is 0 Å². The van der Waals surface area contributed by atoms with Gasteiger partial charge in [0, 0.05) is 48.2 Å². The third kappa shape index (κ3) is 6.77. The van der Waals surface area contributed by atoms with Crippen LogP contribution in [0.1, 0.15) is 61.5 Å². The van der Waals surface area contributed by atoms with Gasteiger partial charge in [-0.1, -0.05) is 32.9 Å². The molecule has 1 saturated heterocycles. The first-order valence-corrected chi connectivity index (χ1v) is 12.9. The second kappa shape index (κ2) is 11.3. The van der Waals surface area contributed by atoms with Crippen molar-refractivity contribution in [3.63, 3.8) is 0 Å². The van der Waals surface area contributed by atoms with Crippen LogP contribution >= 0.6 is 0 Å². The van der Waals surface area contributed by atoms with Crippen LogP contribution in [0.5, 0.6) is 0 Å². The van der Waals surface area contributed by atoms with E-state index < -0.39 is 11.7 Å². The van der Waals surface area contributed by atoms with Crippen LogP contribution in [0.2, 0.25) is 0 Å². The average Bonchev–Trinajstić information content (AvgIpc) is 3.33.